The summed E-state index contributed by atoms with van der Waals surface area (Å²) in [6.45, 7) is 3.77. The molecular weight excluding hydrogens is 516 g/mol. The Kier molecular flexibility index (Phi) is 10.5. The molecule has 0 spiro atoms. The van der Waals surface area contributed by atoms with Crippen LogP contribution in [-0.2, 0) is 13.5 Å². The molecule has 0 saturated carbocycles. The molecule has 0 aliphatic rings. The number of hydrogen-bond acceptors (Lipinski definition) is 6. The molecule has 218 valence electrons. The van der Waals surface area contributed by atoms with E-state index in [9.17, 15) is 15.0 Å². The van der Waals surface area contributed by atoms with Crippen molar-refractivity contribution in [2.24, 2.45) is 7.05 Å². The molecule has 1 unspecified atom stereocenters. The van der Waals surface area contributed by atoms with Crippen molar-refractivity contribution in [1.29, 1.82) is 0 Å². The highest BCUT2D eigenvalue weighted by Gasteiger charge is 2.21. The van der Waals surface area contributed by atoms with Gasteiger partial charge in [0.1, 0.15) is 12.0 Å². The van der Waals surface area contributed by atoms with E-state index >= 15 is 0 Å². The number of nitrogens with one attached hydrogen (secondary N) is 2. The molecule has 0 fully saturated rings. The second-order valence-electron chi connectivity index (χ2n) is 10.7. The summed E-state index contributed by atoms with van der Waals surface area (Å²) in [4.78, 5) is 14.5. The lowest BCUT2D eigenvalue weighted by Gasteiger charge is -2.23. The number of para-hydroxylation sites is 1. The Morgan fingerprint density at radius 1 is 1.05 bits per heavy atom. The number of hydrogen-bond donors (Lipinski definition) is 4. The molecule has 41 heavy (non-hydrogen) atoms. The predicted octanol–water partition coefficient (Wildman–Crippen LogP) is 4.11. The number of aliphatic hydroxyl groups is 2. The zero-order valence-electron chi connectivity index (χ0n) is 24.4. The molecule has 1 heterocycles. The number of benzene rings is 3. The summed E-state index contributed by atoms with van der Waals surface area (Å²) in [5, 5.41) is 28.8. The van der Waals surface area contributed by atoms with Crippen molar-refractivity contribution in [3.63, 3.8) is 0 Å². The molecule has 0 radical (unpaired) electrons. The van der Waals surface area contributed by atoms with Gasteiger partial charge in [0.25, 0.3) is 5.91 Å². The van der Waals surface area contributed by atoms with Crippen molar-refractivity contribution in [3.05, 3.63) is 89.6 Å². The number of fused-ring (bicyclic) bond motifs is 1. The van der Waals surface area contributed by atoms with Crippen LogP contribution in [0.2, 0.25) is 0 Å². The summed E-state index contributed by atoms with van der Waals surface area (Å²) < 4.78 is 8.05. The Labute approximate surface area is 242 Å². The Balaban J connectivity index is 1.53. The van der Waals surface area contributed by atoms with E-state index in [0.717, 1.165) is 40.6 Å². The molecule has 0 aliphatic carbocycles. The fourth-order valence-corrected chi connectivity index (χ4v) is 4.94. The summed E-state index contributed by atoms with van der Waals surface area (Å²) in [5.74, 6) is 0.484. The number of aliphatic hydroxyl groups excluding tert-OH is 2. The van der Waals surface area contributed by atoms with E-state index in [4.69, 9.17) is 4.74 Å². The van der Waals surface area contributed by atoms with E-state index in [1.807, 2.05) is 87.6 Å². The van der Waals surface area contributed by atoms with E-state index < -0.39 is 6.23 Å². The maximum absolute atomic E-state index is 12.5. The maximum atomic E-state index is 12.5. The predicted molar refractivity (Wildman–Crippen MR) is 164 cm³/mol. The highest BCUT2D eigenvalue weighted by molar-refractivity contribution is 5.94. The Morgan fingerprint density at radius 2 is 1.78 bits per heavy atom. The second-order valence-corrected chi connectivity index (χ2v) is 10.7. The van der Waals surface area contributed by atoms with Gasteiger partial charge in [-0.3, -0.25) is 10.1 Å². The van der Waals surface area contributed by atoms with Crippen LogP contribution < -0.4 is 15.4 Å². The number of nitrogens with zero attached hydrogens (tertiary/aromatic N) is 2. The normalized spacial score (nSPS) is 13.0. The van der Waals surface area contributed by atoms with Gasteiger partial charge in [0.2, 0.25) is 0 Å². The number of carbonyl (C=O) groups is 1. The van der Waals surface area contributed by atoms with E-state index in [1.54, 1.807) is 0 Å². The minimum atomic E-state index is -1.06. The molecule has 8 nitrogen and oxygen atoms in total. The molecule has 0 aliphatic heterocycles. The third-order valence-corrected chi connectivity index (χ3v) is 7.15. The van der Waals surface area contributed by atoms with Crippen molar-refractivity contribution in [3.8, 4) is 16.9 Å². The van der Waals surface area contributed by atoms with Crippen LogP contribution in [0, 0.1) is 0 Å². The molecule has 4 aromatic rings. The van der Waals surface area contributed by atoms with Gasteiger partial charge in [-0.15, -0.1) is 0 Å². The molecule has 1 amide bonds. The first-order chi connectivity index (χ1) is 19.8. The smallest absolute Gasteiger partial charge is 0.251 e. The van der Waals surface area contributed by atoms with Crippen molar-refractivity contribution >= 4 is 16.8 Å². The lowest BCUT2D eigenvalue weighted by molar-refractivity contribution is 0.0951. The quantitative estimate of drug-likeness (QED) is 0.174. The van der Waals surface area contributed by atoms with Crippen molar-refractivity contribution < 1.29 is 19.7 Å². The van der Waals surface area contributed by atoms with Crippen LogP contribution in [0.15, 0.2) is 72.9 Å². The van der Waals surface area contributed by atoms with Gasteiger partial charge < -0.3 is 29.7 Å². The third kappa shape index (κ3) is 7.74. The van der Waals surface area contributed by atoms with Crippen LogP contribution in [0.25, 0.3) is 22.0 Å². The van der Waals surface area contributed by atoms with Gasteiger partial charge in [-0.1, -0.05) is 43.3 Å². The molecule has 1 aromatic heterocycles. The van der Waals surface area contributed by atoms with Gasteiger partial charge in [0, 0.05) is 54.4 Å². The number of aromatic nitrogens is 1. The van der Waals surface area contributed by atoms with Crippen LogP contribution >= 0.6 is 0 Å². The highest BCUT2D eigenvalue weighted by Crippen LogP contribution is 2.31. The monoisotopic (exact) mass is 558 g/mol. The molecule has 2 atom stereocenters. The van der Waals surface area contributed by atoms with Crippen LogP contribution in [-0.4, -0.2) is 72.0 Å². The van der Waals surface area contributed by atoms with Gasteiger partial charge >= 0.3 is 0 Å². The van der Waals surface area contributed by atoms with E-state index in [-0.39, 0.29) is 18.6 Å². The van der Waals surface area contributed by atoms with Gasteiger partial charge in [0.05, 0.1) is 13.2 Å². The van der Waals surface area contributed by atoms with Crippen LogP contribution in [0.4, 0.5) is 0 Å². The fourth-order valence-electron chi connectivity index (χ4n) is 4.94. The largest absolute Gasteiger partial charge is 0.493 e. The first-order valence-corrected chi connectivity index (χ1v) is 14.2. The summed E-state index contributed by atoms with van der Waals surface area (Å²) in [7, 11) is 5.94. The highest BCUT2D eigenvalue weighted by atomic mass is 16.5. The Hall–Kier alpha value is -3.69. The second kappa shape index (κ2) is 14.3. The molecule has 4 N–H and O–H groups in total. The minimum Gasteiger partial charge on any atom is -0.493 e. The molecule has 0 saturated heterocycles. The van der Waals surface area contributed by atoms with Gasteiger partial charge in [-0.25, -0.2) is 0 Å². The van der Waals surface area contributed by atoms with Gasteiger partial charge in [0.15, 0.2) is 0 Å². The lowest BCUT2D eigenvalue weighted by Crippen LogP contribution is -2.37. The number of amides is 1. The standard InChI is InChI=1S/C33H42N4O4/c1-5-18-41-31-15-14-25(23-10-12-24(13-11-23)32(39)34-16-17-36(2)3)20-29(31)33(40)35-27(22-38)19-26-21-37(4)30-9-7-6-8-28(26)30/h6-15,20-21,27,33,35,38,40H,5,16-19,22H2,1-4H3,(H,34,39)/t27-,33?/m1/s1. The first kappa shape index (κ1) is 30.3. The topological polar surface area (TPSA) is 99.0 Å². The zero-order chi connectivity index (χ0) is 29.4. The van der Waals surface area contributed by atoms with E-state index in [0.29, 0.717) is 36.4 Å². The van der Waals surface area contributed by atoms with Crippen molar-refractivity contribution in [2.45, 2.75) is 32.0 Å². The summed E-state index contributed by atoms with van der Waals surface area (Å²) in [6.07, 6.45) is 2.40. The average molecular weight is 559 g/mol. The molecule has 0 bridgehead atoms. The Bertz CT molecular complexity index is 1430. The molecule has 3 aromatic carbocycles. The lowest BCUT2D eigenvalue weighted by atomic mass is 9.99. The maximum Gasteiger partial charge on any atom is 0.251 e. The minimum absolute atomic E-state index is 0.108. The fraction of sp³-hybridized carbons (Fsp3) is 0.364. The van der Waals surface area contributed by atoms with Crippen LogP contribution in [0.1, 0.15) is 41.1 Å². The third-order valence-electron chi connectivity index (χ3n) is 7.15. The molecular formula is C33H42N4O4. The summed E-state index contributed by atoms with van der Waals surface area (Å²) >= 11 is 0. The zero-order valence-corrected chi connectivity index (χ0v) is 24.4. The van der Waals surface area contributed by atoms with Gasteiger partial charge in [-0.05, 0) is 74.0 Å². The molecule has 4 rings (SSSR count). The van der Waals surface area contributed by atoms with E-state index in [1.165, 1.54) is 0 Å². The number of ether oxygens (including phenoxy) is 1. The average Bonchev–Trinajstić information content (AvgIpc) is 3.30. The van der Waals surface area contributed by atoms with Crippen molar-refractivity contribution in [1.82, 2.24) is 20.1 Å². The molecule has 8 heteroatoms. The first-order valence-electron chi connectivity index (χ1n) is 14.2. The number of carbonyl (C=O) groups excluding carboxylic acids is 1. The van der Waals surface area contributed by atoms with Crippen LogP contribution in [0.5, 0.6) is 5.75 Å². The van der Waals surface area contributed by atoms with Crippen LogP contribution in [0.3, 0.4) is 0 Å². The Morgan fingerprint density at radius 3 is 2.49 bits per heavy atom. The summed E-state index contributed by atoms with van der Waals surface area (Å²) in [6, 6.07) is 20.9. The SMILES string of the molecule is CCCOc1ccc(-c2ccc(C(=O)NCCN(C)C)cc2)cc1C(O)N[C@@H](CO)Cc1cn(C)c2ccccc12. The number of likely N-dealkylation sites (N-methyl/N-ethyl adjacent to an activating group) is 1. The summed E-state index contributed by atoms with van der Waals surface area (Å²) in [5.41, 5.74) is 5.22. The number of aryl methyl sites for hydroxylation is 1. The number of rotatable bonds is 14. The van der Waals surface area contributed by atoms with Crippen molar-refractivity contribution in [2.75, 3.05) is 40.4 Å². The van der Waals surface area contributed by atoms with Gasteiger partial charge in [-0.2, -0.15) is 0 Å². The van der Waals surface area contributed by atoms with E-state index in [2.05, 4.69) is 33.5 Å².